The van der Waals surface area contributed by atoms with Crippen molar-refractivity contribution in [3.8, 4) is 0 Å². The number of methoxy groups -OCH3 is 1. The van der Waals surface area contributed by atoms with Gasteiger partial charge in [-0.15, -0.1) is 0 Å². The van der Waals surface area contributed by atoms with E-state index in [2.05, 4.69) is 15.0 Å². The number of rotatable bonds is 4. The first kappa shape index (κ1) is 10.3. The van der Waals surface area contributed by atoms with Crippen molar-refractivity contribution < 1.29 is 9.53 Å². The topological polar surface area (TPSA) is 77.2 Å². The molecule has 0 fully saturated rings. The number of nitrogens with zero attached hydrogens (tertiary/aromatic N) is 1. The van der Waals surface area contributed by atoms with E-state index >= 15 is 0 Å². The number of nitrogens with two attached hydrogens (primary N) is 1. The SMILES string of the molecule is COC(=O)CCNc1ccnc(N)c1. The van der Waals surface area contributed by atoms with Gasteiger partial charge in [0.15, 0.2) is 0 Å². The third-order valence-electron chi connectivity index (χ3n) is 1.67. The van der Waals surface area contributed by atoms with E-state index in [1.807, 2.05) is 0 Å². The Bertz CT molecular complexity index is 315. The summed E-state index contributed by atoms with van der Waals surface area (Å²) in [5.41, 5.74) is 6.32. The monoisotopic (exact) mass is 195 g/mol. The van der Waals surface area contributed by atoms with Crippen molar-refractivity contribution in [1.82, 2.24) is 4.98 Å². The highest BCUT2D eigenvalue weighted by Gasteiger charge is 1.99. The van der Waals surface area contributed by atoms with Gasteiger partial charge < -0.3 is 15.8 Å². The molecule has 1 heterocycles. The van der Waals surface area contributed by atoms with Crippen molar-refractivity contribution in [2.75, 3.05) is 24.7 Å². The van der Waals surface area contributed by atoms with Gasteiger partial charge in [-0.05, 0) is 6.07 Å². The fourth-order valence-corrected chi connectivity index (χ4v) is 0.969. The molecule has 0 spiro atoms. The molecule has 0 bridgehead atoms. The van der Waals surface area contributed by atoms with Crippen LogP contribution in [0.5, 0.6) is 0 Å². The summed E-state index contributed by atoms with van der Waals surface area (Å²) >= 11 is 0. The number of nitrogens with one attached hydrogen (secondary N) is 1. The predicted octanol–water partition coefficient (Wildman–Crippen LogP) is 0.639. The second-order valence-electron chi connectivity index (χ2n) is 2.72. The van der Waals surface area contributed by atoms with E-state index in [4.69, 9.17) is 5.73 Å². The fraction of sp³-hybridized carbons (Fsp3) is 0.333. The summed E-state index contributed by atoms with van der Waals surface area (Å²) in [6.07, 6.45) is 1.94. The molecule has 5 heteroatoms. The van der Waals surface area contributed by atoms with E-state index < -0.39 is 0 Å². The average molecular weight is 195 g/mol. The van der Waals surface area contributed by atoms with Gasteiger partial charge in [0.1, 0.15) is 5.82 Å². The lowest BCUT2D eigenvalue weighted by Gasteiger charge is -2.05. The van der Waals surface area contributed by atoms with Gasteiger partial charge in [-0.3, -0.25) is 4.79 Å². The lowest BCUT2D eigenvalue weighted by molar-refractivity contribution is -0.140. The molecule has 0 saturated carbocycles. The highest BCUT2D eigenvalue weighted by Crippen LogP contribution is 2.08. The number of anilines is 2. The van der Waals surface area contributed by atoms with E-state index in [0.29, 0.717) is 18.8 Å². The smallest absolute Gasteiger partial charge is 0.307 e. The first-order chi connectivity index (χ1) is 6.72. The van der Waals surface area contributed by atoms with Crippen LogP contribution in [-0.4, -0.2) is 24.6 Å². The van der Waals surface area contributed by atoms with Gasteiger partial charge in [0.05, 0.1) is 13.5 Å². The van der Waals surface area contributed by atoms with Gasteiger partial charge in [0.2, 0.25) is 0 Å². The van der Waals surface area contributed by atoms with Crippen molar-refractivity contribution in [2.45, 2.75) is 6.42 Å². The van der Waals surface area contributed by atoms with Crippen LogP contribution < -0.4 is 11.1 Å². The Labute approximate surface area is 82.3 Å². The summed E-state index contributed by atoms with van der Waals surface area (Å²) in [4.78, 5) is 14.6. The molecule has 0 unspecified atom stereocenters. The number of hydrogen-bond donors (Lipinski definition) is 2. The Morgan fingerprint density at radius 3 is 3.14 bits per heavy atom. The molecule has 76 valence electrons. The minimum Gasteiger partial charge on any atom is -0.469 e. The Hall–Kier alpha value is -1.78. The lowest BCUT2D eigenvalue weighted by atomic mass is 10.3. The van der Waals surface area contributed by atoms with Crippen LogP contribution in [0, 0.1) is 0 Å². The number of aromatic nitrogens is 1. The van der Waals surface area contributed by atoms with Gasteiger partial charge in [-0.2, -0.15) is 0 Å². The van der Waals surface area contributed by atoms with Crippen molar-refractivity contribution in [3.05, 3.63) is 18.3 Å². The van der Waals surface area contributed by atoms with Gasteiger partial charge in [-0.25, -0.2) is 4.98 Å². The number of carbonyl (C=O) groups excluding carboxylic acids is 1. The van der Waals surface area contributed by atoms with Crippen molar-refractivity contribution >= 4 is 17.5 Å². The molecule has 0 saturated heterocycles. The second-order valence-corrected chi connectivity index (χ2v) is 2.72. The number of esters is 1. The summed E-state index contributed by atoms with van der Waals surface area (Å²) in [5, 5.41) is 3.03. The van der Waals surface area contributed by atoms with E-state index in [0.717, 1.165) is 5.69 Å². The molecule has 14 heavy (non-hydrogen) atoms. The predicted molar refractivity (Wildman–Crippen MR) is 53.8 cm³/mol. The zero-order valence-electron chi connectivity index (χ0n) is 7.99. The zero-order chi connectivity index (χ0) is 10.4. The van der Waals surface area contributed by atoms with Crippen LogP contribution in [0.3, 0.4) is 0 Å². The average Bonchev–Trinajstić information content (AvgIpc) is 2.17. The number of nitrogen functional groups attached to an aromatic ring is 1. The van der Waals surface area contributed by atoms with Crippen molar-refractivity contribution in [2.24, 2.45) is 0 Å². The molecule has 0 aliphatic heterocycles. The normalized spacial score (nSPS) is 9.50. The van der Waals surface area contributed by atoms with Gasteiger partial charge >= 0.3 is 5.97 Å². The minimum absolute atomic E-state index is 0.237. The maximum absolute atomic E-state index is 10.8. The first-order valence-electron chi connectivity index (χ1n) is 4.24. The summed E-state index contributed by atoms with van der Waals surface area (Å²) in [6.45, 7) is 0.524. The molecule has 1 aromatic rings. The van der Waals surface area contributed by atoms with Gasteiger partial charge in [-0.1, -0.05) is 0 Å². The van der Waals surface area contributed by atoms with Crippen LogP contribution in [0.2, 0.25) is 0 Å². The first-order valence-corrected chi connectivity index (χ1v) is 4.24. The maximum atomic E-state index is 10.8. The van der Waals surface area contributed by atoms with Gasteiger partial charge in [0, 0.05) is 24.5 Å². The van der Waals surface area contributed by atoms with E-state index in [1.165, 1.54) is 7.11 Å². The van der Waals surface area contributed by atoms with Crippen LogP contribution in [0.1, 0.15) is 6.42 Å². The van der Waals surface area contributed by atoms with Crippen LogP contribution in [0.4, 0.5) is 11.5 Å². The molecule has 0 radical (unpaired) electrons. The molecule has 0 aliphatic rings. The van der Waals surface area contributed by atoms with E-state index in [-0.39, 0.29) is 5.97 Å². The zero-order valence-corrected chi connectivity index (χ0v) is 7.99. The molecule has 0 atom stereocenters. The summed E-state index contributed by atoms with van der Waals surface area (Å²) in [7, 11) is 1.37. The quantitative estimate of drug-likeness (QED) is 0.689. The van der Waals surface area contributed by atoms with Crippen LogP contribution in [-0.2, 0) is 9.53 Å². The van der Waals surface area contributed by atoms with Gasteiger partial charge in [0.25, 0.3) is 0 Å². The number of hydrogen-bond acceptors (Lipinski definition) is 5. The number of pyridine rings is 1. The number of carbonyl (C=O) groups is 1. The maximum Gasteiger partial charge on any atom is 0.307 e. The molecular formula is C9H13N3O2. The highest BCUT2D eigenvalue weighted by atomic mass is 16.5. The standard InChI is InChI=1S/C9H13N3O2/c1-14-9(13)3-5-11-7-2-4-12-8(10)6-7/h2,4,6H,3,5H2,1H3,(H3,10,11,12). The molecule has 0 aliphatic carbocycles. The van der Waals surface area contributed by atoms with Crippen LogP contribution in [0.25, 0.3) is 0 Å². The van der Waals surface area contributed by atoms with E-state index in [1.54, 1.807) is 18.3 Å². The Kier molecular flexibility index (Phi) is 3.72. The Morgan fingerprint density at radius 1 is 1.71 bits per heavy atom. The molecule has 5 nitrogen and oxygen atoms in total. The molecule has 0 aromatic carbocycles. The van der Waals surface area contributed by atoms with Crippen molar-refractivity contribution in [3.63, 3.8) is 0 Å². The number of ether oxygens (including phenoxy) is 1. The molecule has 1 aromatic heterocycles. The summed E-state index contributed by atoms with van der Waals surface area (Å²) < 4.78 is 4.50. The Morgan fingerprint density at radius 2 is 2.50 bits per heavy atom. The summed E-state index contributed by atoms with van der Waals surface area (Å²) in [5.74, 6) is 0.215. The highest BCUT2D eigenvalue weighted by molar-refractivity contribution is 5.69. The van der Waals surface area contributed by atoms with Crippen LogP contribution in [0.15, 0.2) is 18.3 Å². The largest absolute Gasteiger partial charge is 0.469 e. The second kappa shape index (κ2) is 5.06. The molecule has 1 rings (SSSR count). The third kappa shape index (κ3) is 3.30. The van der Waals surface area contributed by atoms with Crippen LogP contribution >= 0.6 is 0 Å². The Balaban J connectivity index is 2.35. The van der Waals surface area contributed by atoms with Crippen molar-refractivity contribution in [1.29, 1.82) is 0 Å². The molecule has 0 amide bonds. The molecular weight excluding hydrogens is 182 g/mol. The fourth-order valence-electron chi connectivity index (χ4n) is 0.969. The minimum atomic E-state index is -0.237. The van der Waals surface area contributed by atoms with E-state index in [9.17, 15) is 4.79 Å². The lowest BCUT2D eigenvalue weighted by Crippen LogP contribution is -2.09. The summed E-state index contributed by atoms with van der Waals surface area (Å²) in [6, 6.07) is 3.49. The third-order valence-corrected chi connectivity index (χ3v) is 1.67. The molecule has 3 N–H and O–H groups in total.